The first kappa shape index (κ1) is 14.1. The van der Waals surface area contributed by atoms with Gasteiger partial charge in [-0.3, -0.25) is 4.79 Å². The van der Waals surface area contributed by atoms with Crippen molar-refractivity contribution < 1.29 is 9.53 Å². The van der Waals surface area contributed by atoms with E-state index in [9.17, 15) is 10.0 Å². The molecule has 0 unspecified atom stereocenters. The Balaban J connectivity index is 2.32. The summed E-state index contributed by atoms with van der Waals surface area (Å²) in [4.78, 5) is 12.2. The number of rotatable bonds is 1. The average Bonchev–Trinajstić information content (AvgIpc) is 2.58. The smallest absolute Gasteiger partial charge is 0.227 e. The second kappa shape index (κ2) is 5.51. The molecule has 5 heteroatoms. The number of benzene rings is 2. The molecule has 2 aromatic carbocycles. The topological polar surface area (TPSA) is 43.1 Å². The van der Waals surface area contributed by atoms with E-state index in [2.05, 4.69) is 0 Å². The number of carbonyl (C=O) groups is 1. The summed E-state index contributed by atoms with van der Waals surface area (Å²) in [6.07, 6.45) is 0.173. The van der Waals surface area contributed by atoms with Crippen molar-refractivity contribution in [1.29, 1.82) is 0 Å². The summed E-state index contributed by atoms with van der Waals surface area (Å²) in [5.74, 6) is -0.0652. The zero-order chi connectivity index (χ0) is 15.0. The average molecular weight is 320 g/mol. The van der Waals surface area contributed by atoms with Crippen LogP contribution in [0.15, 0.2) is 42.5 Å². The van der Waals surface area contributed by atoms with E-state index >= 15 is 0 Å². The number of hydrogen-bond acceptors (Lipinski definition) is 2. The highest BCUT2D eigenvalue weighted by Gasteiger charge is 2.28. The van der Waals surface area contributed by atoms with Gasteiger partial charge in [-0.05, 0) is 30.3 Å². The van der Waals surface area contributed by atoms with Crippen LogP contribution < -0.4 is 0 Å². The van der Waals surface area contributed by atoms with Crippen LogP contribution >= 0.6 is 23.2 Å². The maximum Gasteiger partial charge on any atom is 0.227 e. The third kappa shape index (κ3) is 2.55. The van der Waals surface area contributed by atoms with Crippen LogP contribution in [0.5, 0.6) is 0 Å². The quantitative estimate of drug-likeness (QED) is 0.590. The van der Waals surface area contributed by atoms with Crippen LogP contribution in [0.25, 0.3) is 0 Å². The van der Waals surface area contributed by atoms with Gasteiger partial charge in [0.1, 0.15) is 0 Å². The summed E-state index contributed by atoms with van der Waals surface area (Å²) in [5.41, 5.74) is 2.04. The maximum absolute atomic E-state index is 12.4. The standard InChI is InChI=1S/C16H11Cl2NO2/c17-10-5-6-11-13(9-10)16(19(21)8-7-15(11)20)12-3-1-2-4-14(12)18/h1-6,9H,7-8H2. The van der Waals surface area contributed by atoms with E-state index in [0.29, 0.717) is 32.4 Å². The summed E-state index contributed by atoms with van der Waals surface area (Å²) in [7, 11) is 0. The van der Waals surface area contributed by atoms with Crippen molar-refractivity contribution in [2.75, 3.05) is 6.54 Å². The second-order valence-corrected chi connectivity index (χ2v) is 5.64. The third-order valence-corrected chi connectivity index (χ3v) is 4.02. The molecule has 21 heavy (non-hydrogen) atoms. The van der Waals surface area contributed by atoms with Gasteiger partial charge in [0.15, 0.2) is 12.3 Å². The Labute approximate surface area is 132 Å². The number of carbonyl (C=O) groups excluding carboxylic acids is 1. The first-order chi connectivity index (χ1) is 10.1. The van der Waals surface area contributed by atoms with Gasteiger partial charge < -0.3 is 5.21 Å². The highest BCUT2D eigenvalue weighted by atomic mass is 35.5. The van der Waals surface area contributed by atoms with E-state index in [1.807, 2.05) is 0 Å². The predicted molar refractivity (Wildman–Crippen MR) is 83.6 cm³/mol. The molecule has 106 valence electrons. The van der Waals surface area contributed by atoms with Crippen molar-refractivity contribution in [3.05, 3.63) is 74.4 Å². The van der Waals surface area contributed by atoms with Gasteiger partial charge in [-0.1, -0.05) is 35.3 Å². The van der Waals surface area contributed by atoms with E-state index < -0.39 is 0 Å². The molecule has 2 aromatic rings. The molecule has 3 rings (SSSR count). The van der Waals surface area contributed by atoms with Gasteiger partial charge in [0.25, 0.3) is 0 Å². The molecule has 0 saturated carbocycles. The lowest BCUT2D eigenvalue weighted by atomic mass is 9.95. The van der Waals surface area contributed by atoms with Crippen LogP contribution in [0.4, 0.5) is 0 Å². The maximum atomic E-state index is 12.4. The third-order valence-electron chi connectivity index (χ3n) is 3.46. The summed E-state index contributed by atoms with van der Waals surface area (Å²) in [6, 6.07) is 12.0. The van der Waals surface area contributed by atoms with Crippen LogP contribution in [0.3, 0.4) is 0 Å². The normalized spacial score (nSPS) is 14.9. The molecule has 0 amide bonds. The van der Waals surface area contributed by atoms with Crippen molar-refractivity contribution in [3.8, 4) is 0 Å². The molecule has 0 aromatic heterocycles. The van der Waals surface area contributed by atoms with Gasteiger partial charge in [-0.2, -0.15) is 0 Å². The van der Waals surface area contributed by atoms with Gasteiger partial charge >= 0.3 is 0 Å². The van der Waals surface area contributed by atoms with Crippen LogP contribution in [0.2, 0.25) is 10.0 Å². The van der Waals surface area contributed by atoms with Crippen LogP contribution in [-0.4, -0.2) is 22.8 Å². The number of halogens is 2. The Hall–Kier alpha value is -1.84. The molecular weight excluding hydrogens is 309 g/mol. The van der Waals surface area contributed by atoms with E-state index in [1.165, 1.54) is 0 Å². The Morgan fingerprint density at radius 2 is 1.76 bits per heavy atom. The predicted octanol–water partition coefficient (Wildman–Crippen LogP) is 3.93. The van der Waals surface area contributed by atoms with E-state index in [0.717, 1.165) is 4.74 Å². The fraction of sp³-hybridized carbons (Fsp3) is 0.125. The minimum atomic E-state index is -0.0652. The second-order valence-electron chi connectivity index (χ2n) is 4.79. The number of Topliss-reactive ketones (excluding diaryl/α,β-unsaturated/α-hetero) is 1. The molecule has 1 aliphatic rings. The van der Waals surface area contributed by atoms with Crippen molar-refractivity contribution >= 4 is 34.7 Å². The van der Waals surface area contributed by atoms with Crippen LogP contribution in [-0.2, 0) is 0 Å². The number of fused-ring (bicyclic) bond motifs is 1. The summed E-state index contributed by atoms with van der Waals surface area (Å²) in [6.45, 7) is 0.103. The highest BCUT2D eigenvalue weighted by Crippen LogP contribution is 2.26. The molecule has 0 N–H and O–H groups in total. The van der Waals surface area contributed by atoms with Crippen molar-refractivity contribution in [2.45, 2.75) is 6.42 Å². The number of hydrogen-bond donors (Lipinski definition) is 0. The van der Waals surface area contributed by atoms with Crippen molar-refractivity contribution in [2.24, 2.45) is 0 Å². The van der Waals surface area contributed by atoms with Crippen LogP contribution in [0, 0.1) is 5.21 Å². The minimum Gasteiger partial charge on any atom is -0.623 e. The van der Waals surface area contributed by atoms with Gasteiger partial charge in [0, 0.05) is 10.6 Å². The molecule has 0 spiro atoms. The first-order valence-electron chi connectivity index (χ1n) is 6.47. The lowest BCUT2D eigenvalue weighted by Crippen LogP contribution is -2.18. The van der Waals surface area contributed by atoms with Gasteiger partial charge in [-0.25, -0.2) is 4.74 Å². The van der Waals surface area contributed by atoms with Crippen LogP contribution in [0.1, 0.15) is 27.9 Å². The van der Waals surface area contributed by atoms with E-state index in [4.69, 9.17) is 23.2 Å². The Morgan fingerprint density at radius 3 is 2.52 bits per heavy atom. The lowest BCUT2D eigenvalue weighted by Gasteiger charge is -2.11. The molecule has 3 nitrogen and oxygen atoms in total. The molecule has 0 saturated heterocycles. The van der Waals surface area contributed by atoms with E-state index in [-0.39, 0.29) is 18.7 Å². The lowest BCUT2D eigenvalue weighted by molar-refractivity contribution is -0.454. The first-order valence-corrected chi connectivity index (χ1v) is 7.23. The summed E-state index contributed by atoms with van der Waals surface area (Å²) >= 11 is 12.3. The fourth-order valence-corrected chi connectivity index (χ4v) is 2.87. The monoisotopic (exact) mass is 319 g/mol. The SMILES string of the molecule is O=C1CC[N+]([O-])=C(c2ccccc2Cl)c2cc(Cl)ccc21. The largest absolute Gasteiger partial charge is 0.623 e. The van der Waals surface area contributed by atoms with E-state index in [1.54, 1.807) is 42.5 Å². The van der Waals surface area contributed by atoms with Crippen molar-refractivity contribution in [1.82, 2.24) is 0 Å². The highest BCUT2D eigenvalue weighted by molar-refractivity contribution is 6.36. The molecule has 0 bridgehead atoms. The van der Waals surface area contributed by atoms with Gasteiger partial charge in [0.05, 0.1) is 22.6 Å². The fourth-order valence-electron chi connectivity index (χ4n) is 2.47. The number of ketones is 1. The van der Waals surface area contributed by atoms with Gasteiger partial charge in [-0.15, -0.1) is 0 Å². The van der Waals surface area contributed by atoms with Crippen molar-refractivity contribution in [3.63, 3.8) is 0 Å². The number of hydroxylamine groups is 1. The molecule has 1 heterocycles. The molecule has 0 fully saturated rings. The molecule has 0 aliphatic carbocycles. The Morgan fingerprint density at radius 1 is 1.00 bits per heavy atom. The Bertz CT molecular complexity index is 769. The zero-order valence-electron chi connectivity index (χ0n) is 11.0. The molecule has 0 atom stereocenters. The minimum absolute atomic E-state index is 0.0652. The molecule has 1 aliphatic heterocycles. The number of nitrogens with zero attached hydrogens (tertiary/aromatic N) is 1. The molecule has 0 radical (unpaired) electrons. The molecular formula is C16H11Cl2NO2. The summed E-state index contributed by atoms with van der Waals surface area (Å²) < 4.78 is 0.821. The van der Waals surface area contributed by atoms with Gasteiger partial charge in [0.2, 0.25) is 5.71 Å². The zero-order valence-corrected chi connectivity index (χ0v) is 12.5. The summed E-state index contributed by atoms with van der Waals surface area (Å²) in [5, 5.41) is 13.4. The Kier molecular flexibility index (Phi) is 3.70.